The van der Waals surface area contributed by atoms with E-state index in [2.05, 4.69) is 5.32 Å². The van der Waals surface area contributed by atoms with E-state index in [-0.39, 0.29) is 23.0 Å². The Balaban J connectivity index is 2.25. The van der Waals surface area contributed by atoms with E-state index >= 15 is 0 Å². The SMILES string of the molecule is Cc1ccc(NC(=O)c2cc(O)cc(O)c2)c(C)c1. The van der Waals surface area contributed by atoms with Gasteiger partial charge in [-0.2, -0.15) is 0 Å². The van der Waals surface area contributed by atoms with Crippen molar-refractivity contribution in [2.24, 2.45) is 0 Å². The molecule has 3 N–H and O–H groups in total. The molecule has 0 heterocycles. The van der Waals surface area contributed by atoms with E-state index in [1.54, 1.807) is 0 Å². The summed E-state index contributed by atoms with van der Waals surface area (Å²) in [4.78, 5) is 12.0. The first kappa shape index (κ1) is 13.0. The lowest BCUT2D eigenvalue weighted by molar-refractivity contribution is 0.102. The minimum absolute atomic E-state index is 0.147. The monoisotopic (exact) mass is 257 g/mol. The van der Waals surface area contributed by atoms with Crippen LogP contribution >= 0.6 is 0 Å². The Bertz CT molecular complexity index is 615. The molecule has 0 aliphatic rings. The maximum atomic E-state index is 12.0. The van der Waals surface area contributed by atoms with Gasteiger partial charge in [0, 0.05) is 17.3 Å². The lowest BCUT2D eigenvalue weighted by Crippen LogP contribution is -2.12. The van der Waals surface area contributed by atoms with Crippen molar-refractivity contribution in [3.63, 3.8) is 0 Å². The number of amides is 1. The van der Waals surface area contributed by atoms with Gasteiger partial charge in [0.2, 0.25) is 0 Å². The van der Waals surface area contributed by atoms with Crippen molar-refractivity contribution < 1.29 is 15.0 Å². The molecule has 4 heteroatoms. The Labute approximate surface area is 111 Å². The molecule has 0 fully saturated rings. The second kappa shape index (κ2) is 5.02. The minimum Gasteiger partial charge on any atom is -0.508 e. The summed E-state index contributed by atoms with van der Waals surface area (Å²) in [5.41, 5.74) is 2.99. The average molecular weight is 257 g/mol. The van der Waals surface area contributed by atoms with Crippen molar-refractivity contribution in [1.29, 1.82) is 0 Å². The number of rotatable bonds is 2. The molecular formula is C15H15NO3. The molecule has 0 radical (unpaired) electrons. The van der Waals surface area contributed by atoms with E-state index in [1.165, 1.54) is 18.2 Å². The van der Waals surface area contributed by atoms with Crippen LogP contribution in [-0.4, -0.2) is 16.1 Å². The van der Waals surface area contributed by atoms with E-state index in [4.69, 9.17) is 0 Å². The summed E-state index contributed by atoms with van der Waals surface area (Å²) >= 11 is 0. The molecule has 0 aliphatic heterocycles. The second-order valence-corrected chi connectivity index (χ2v) is 4.51. The number of phenolic OH excluding ortho intramolecular Hbond substituents is 2. The van der Waals surface area contributed by atoms with Crippen molar-refractivity contribution in [2.75, 3.05) is 5.32 Å². The summed E-state index contributed by atoms with van der Waals surface area (Å²) in [5, 5.41) is 21.5. The molecule has 2 aromatic carbocycles. The summed E-state index contributed by atoms with van der Waals surface area (Å²) in [7, 11) is 0. The zero-order valence-corrected chi connectivity index (χ0v) is 10.8. The van der Waals surface area contributed by atoms with Crippen LogP contribution in [0, 0.1) is 13.8 Å². The number of aromatic hydroxyl groups is 2. The van der Waals surface area contributed by atoms with Gasteiger partial charge in [-0.25, -0.2) is 0 Å². The van der Waals surface area contributed by atoms with Gasteiger partial charge in [0.15, 0.2) is 0 Å². The number of hydrogen-bond donors (Lipinski definition) is 3. The topological polar surface area (TPSA) is 69.6 Å². The molecule has 4 nitrogen and oxygen atoms in total. The Kier molecular flexibility index (Phi) is 3.42. The largest absolute Gasteiger partial charge is 0.508 e. The third-order valence-corrected chi connectivity index (χ3v) is 2.79. The smallest absolute Gasteiger partial charge is 0.255 e. The van der Waals surface area contributed by atoms with Crippen LogP contribution in [0.5, 0.6) is 11.5 Å². The summed E-state index contributed by atoms with van der Waals surface area (Å²) < 4.78 is 0. The third kappa shape index (κ3) is 3.04. The molecule has 2 aromatic rings. The number of carbonyl (C=O) groups is 1. The van der Waals surface area contributed by atoms with Crippen LogP contribution in [0.15, 0.2) is 36.4 Å². The van der Waals surface area contributed by atoms with Gasteiger partial charge in [-0.15, -0.1) is 0 Å². The molecule has 0 bridgehead atoms. The molecule has 0 atom stereocenters. The highest BCUT2D eigenvalue weighted by atomic mass is 16.3. The number of aryl methyl sites for hydroxylation is 2. The fourth-order valence-electron chi connectivity index (χ4n) is 1.87. The van der Waals surface area contributed by atoms with Gasteiger partial charge in [-0.1, -0.05) is 17.7 Å². The Hall–Kier alpha value is -2.49. The lowest BCUT2D eigenvalue weighted by Gasteiger charge is -2.09. The molecule has 2 rings (SSSR count). The van der Waals surface area contributed by atoms with Gasteiger partial charge >= 0.3 is 0 Å². The molecular weight excluding hydrogens is 242 g/mol. The lowest BCUT2D eigenvalue weighted by atomic mass is 10.1. The highest BCUT2D eigenvalue weighted by Gasteiger charge is 2.10. The fraction of sp³-hybridized carbons (Fsp3) is 0.133. The first-order chi connectivity index (χ1) is 8.95. The zero-order valence-electron chi connectivity index (χ0n) is 10.8. The predicted molar refractivity (Wildman–Crippen MR) is 73.6 cm³/mol. The third-order valence-electron chi connectivity index (χ3n) is 2.79. The number of hydrogen-bond acceptors (Lipinski definition) is 3. The standard InChI is InChI=1S/C15H15NO3/c1-9-3-4-14(10(2)5-9)16-15(19)11-6-12(17)8-13(18)7-11/h3-8,17-18H,1-2H3,(H,16,19). The Morgan fingerprint density at radius 3 is 2.21 bits per heavy atom. The van der Waals surface area contributed by atoms with E-state index in [1.807, 2.05) is 32.0 Å². The molecule has 19 heavy (non-hydrogen) atoms. The second-order valence-electron chi connectivity index (χ2n) is 4.51. The highest BCUT2D eigenvalue weighted by molar-refractivity contribution is 6.05. The van der Waals surface area contributed by atoms with Gasteiger partial charge < -0.3 is 15.5 Å². The predicted octanol–water partition coefficient (Wildman–Crippen LogP) is 2.97. The van der Waals surface area contributed by atoms with Crippen LogP contribution in [0.1, 0.15) is 21.5 Å². The van der Waals surface area contributed by atoms with Crippen LogP contribution in [-0.2, 0) is 0 Å². The molecule has 1 amide bonds. The van der Waals surface area contributed by atoms with Gasteiger partial charge in [-0.05, 0) is 37.6 Å². The van der Waals surface area contributed by atoms with Crippen LogP contribution in [0.4, 0.5) is 5.69 Å². The Morgan fingerprint density at radius 1 is 1.00 bits per heavy atom. The molecule has 0 saturated heterocycles. The van der Waals surface area contributed by atoms with E-state index in [9.17, 15) is 15.0 Å². The summed E-state index contributed by atoms with van der Waals surface area (Å²) in [6.45, 7) is 3.88. The van der Waals surface area contributed by atoms with Gasteiger partial charge in [0.05, 0.1) is 0 Å². The molecule has 0 saturated carbocycles. The molecule has 0 aliphatic carbocycles. The summed E-state index contributed by atoms with van der Waals surface area (Å²) in [6, 6.07) is 9.48. The summed E-state index contributed by atoms with van der Waals surface area (Å²) in [6.07, 6.45) is 0. The van der Waals surface area contributed by atoms with Gasteiger partial charge in [-0.3, -0.25) is 4.79 Å². The van der Waals surface area contributed by atoms with Crippen molar-refractivity contribution in [2.45, 2.75) is 13.8 Å². The zero-order chi connectivity index (χ0) is 14.0. The van der Waals surface area contributed by atoms with Crippen LogP contribution in [0.3, 0.4) is 0 Å². The average Bonchev–Trinajstić information content (AvgIpc) is 2.31. The number of nitrogens with one attached hydrogen (secondary N) is 1. The number of phenols is 2. The Morgan fingerprint density at radius 2 is 1.63 bits per heavy atom. The molecule has 0 aromatic heterocycles. The van der Waals surface area contributed by atoms with Crippen molar-refractivity contribution in [1.82, 2.24) is 0 Å². The normalized spacial score (nSPS) is 10.2. The maximum absolute atomic E-state index is 12.0. The van der Waals surface area contributed by atoms with Crippen LogP contribution in [0.25, 0.3) is 0 Å². The van der Waals surface area contributed by atoms with Gasteiger partial charge in [0.1, 0.15) is 11.5 Å². The first-order valence-corrected chi connectivity index (χ1v) is 5.87. The van der Waals surface area contributed by atoms with Crippen molar-refractivity contribution in [3.05, 3.63) is 53.1 Å². The summed E-state index contributed by atoms with van der Waals surface area (Å²) in [5.74, 6) is -0.672. The van der Waals surface area contributed by atoms with E-state index < -0.39 is 0 Å². The number of benzene rings is 2. The van der Waals surface area contributed by atoms with Gasteiger partial charge in [0.25, 0.3) is 5.91 Å². The van der Waals surface area contributed by atoms with Crippen LogP contribution < -0.4 is 5.32 Å². The number of anilines is 1. The molecule has 0 unspecified atom stereocenters. The van der Waals surface area contributed by atoms with Crippen molar-refractivity contribution >= 4 is 11.6 Å². The molecule has 98 valence electrons. The molecule has 0 spiro atoms. The quantitative estimate of drug-likeness (QED) is 0.774. The van der Waals surface area contributed by atoms with Crippen LogP contribution in [0.2, 0.25) is 0 Å². The number of carbonyl (C=O) groups excluding carboxylic acids is 1. The minimum atomic E-state index is -0.377. The fourth-order valence-corrected chi connectivity index (χ4v) is 1.87. The van der Waals surface area contributed by atoms with E-state index in [0.29, 0.717) is 5.69 Å². The van der Waals surface area contributed by atoms with Crippen molar-refractivity contribution in [3.8, 4) is 11.5 Å². The van der Waals surface area contributed by atoms with E-state index in [0.717, 1.165) is 11.1 Å². The first-order valence-electron chi connectivity index (χ1n) is 5.87. The maximum Gasteiger partial charge on any atom is 0.255 e. The highest BCUT2D eigenvalue weighted by Crippen LogP contribution is 2.22.